The zero-order valence-corrected chi connectivity index (χ0v) is 31.7. The number of hydrogen-bond donors (Lipinski definition) is 0. The van der Waals surface area contributed by atoms with Crippen molar-refractivity contribution in [1.82, 2.24) is 15.0 Å². The molecule has 1 spiro atoms. The van der Waals surface area contributed by atoms with E-state index in [0.717, 1.165) is 34.6 Å². The summed E-state index contributed by atoms with van der Waals surface area (Å²) < 4.78 is 9.53. The molecular weight excluding hydrogens is 715 g/mol. The SMILES string of the molecule is C1=CC2c3ccccc3C3(C4=C(Oc5ccccc53)C(c3ccc(-c5nc(-c6ccccc6)nc(-c6ccc7c(c6)sc6ccccc67)n5)cc3)CC=C4)C2C=C1. The predicted molar refractivity (Wildman–Crippen MR) is 231 cm³/mol. The van der Waals surface area contributed by atoms with Gasteiger partial charge in [-0.3, -0.25) is 0 Å². The molecule has 0 radical (unpaired) electrons. The van der Waals surface area contributed by atoms with Crippen LogP contribution in [0.1, 0.15) is 40.5 Å². The molecule has 0 saturated heterocycles. The molecule has 2 aromatic heterocycles. The Labute approximate surface area is 334 Å². The van der Waals surface area contributed by atoms with E-state index in [2.05, 4.69) is 164 Å². The van der Waals surface area contributed by atoms with E-state index in [0.29, 0.717) is 23.4 Å². The van der Waals surface area contributed by atoms with E-state index in [1.165, 1.54) is 48.0 Å². The van der Waals surface area contributed by atoms with Crippen LogP contribution in [0.4, 0.5) is 0 Å². The second kappa shape index (κ2) is 12.7. The molecule has 8 aromatic rings. The maximum Gasteiger partial charge on any atom is 0.164 e. The molecule has 4 aliphatic rings. The number of nitrogens with zero attached hydrogens (tertiary/aromatic N) is 3. The number of aromatic nitrogens is 3. The summed E-state index contributed by atoms with van der Waals surface area (Å²) in [5, 5.41) is 2.53. The summed E-state index contributed by atoms with van der Waals surface area (Å²) in [4.78, 5) is 15.2. The van der Waals surface area contributed by atoms with E-state index in [9.17, 15) is 0 Å². The minimum absolute atomic E-state index is 0.0560. The van der Waals surface area contributed by atoms with Crippen molar-refractivity contribution in [2.45, 2.75) is 23.7 Å². The Morgan fingerprint density at radius 2 is 1.25 bits per heavy atom. The molecule has 0 bridgehead atoms. The molecule has 3 aliphatic carbocycles. The summed E-state index contributed by atoms with van der Waals surface area (Å²) in [6.07, 6.45) is 14.8. The normalized spacial score (nSPS) is 21.4. The minimum Gasteiger partial charge on any atom is -0.460 e. The summed E-state index contributed by atoms with van der Waals surface area (Å²) in [5.74, 6) is 4.58. The van der Waals surface area contributed by atoms with E-state index in [1.807, 2.05) is 18.2 Å². The van der Waals surface area contributed by atoms with Gasteiger partial charge in [0.15, 0.2) is 17.5 Å². The van der Waals surface area contributed by atoms with Gasteiger partial charge in [0, 0.05) is 65.8 Å². The third kappa shape index (κ3) is 4.89. The van der Waals surface area contributed by atoms with Crippen LogP contribution in [-0.4, -0.2) is 15.0 Å². The van der Waals surface area contributed by atoms with Gasteiger partial charge < -0.3 is 4.74 Å². The first-order valence-electron chi connectivity index (χ1n) is 19.7. The number of thiophene rings is 1. The zero-order valence-electron chi connectivity index (χ0n) is 30.9. The van der Waals surface area contributed by atoms with Crippen molar-refractivity contribution in [2.75, 3.05) is 0 Å². The molecule has 57 heavy (non-hydrogen) atoms. The lowest BCUT2D eigenvalue weighted by Crippen LogP contribution is -2.40. The molecule has 0 fully saturated rings. The fourth-order valence-corrected chi connectivity index (χ4v) is 11.1. The number of ether oxygens (including phenoxy) is 1. The topological polar surface area (TPSA) is 47.9 Å². The van der Waals surface area contributed by atoms with Crippen molar-refractivity contribution in [1.29, 1.82) is 0 Å². The van der Waals surface area contributed by atoms with Crippen LogP contribution in [0.15, 0.2) is 193 Å². The quantitative estimate of drug-likeness (QED) is 0.180. The van der Waals surface area contributed by atoms with Gasteiger partial charge in [-0.05, 0) is 41.3 Å². The van der Waals surface area contributed by atoms with Gasteiger partial charge in [-0.25, -0.2) is 15.0 Å². The Morgan fingerprint density at radius 3 is 2.11 bits per heavy atom. The van der Waals surface area contributed by atoms with Gasteiger partial charge >= 0.3 is 0 Å². The Hall–Kier alpha value is -6.69. The smallest absolute Gasteiger partial charge is 0.164 e. The Morgan fingerprint density at radius 1 is 0.579 bits per heavy atom. The average molecular weight is 750 g/mol. The third-order valence-electron chi connectivity index (χ3n) is 12.5. The van der Waals surface area contributed by atoms with Crippen LogP contribution < -0.4 is 4.74 Å². The summed E-state index contributed by atoms with van der Waals surface area (Å²) in [6.45, 7) is 0. The van der Waals surface area contributed by atoms with Crippen LogP contribution in [-0.2, 0) is 5.41 Å². The van der Waals surface area contributed by atoms with Crippen LogP contribution in [0.3, 0.4) is 0 Å². The van der Waals surface area contributed by atoms with E-state index in [1.54, 1.807) is 11.3 Å². The van der Waals surface area contributed by atoms with Gasteiger partial charge in [0.25, 0.3) is 0 Å². The fourth-order valence-electron chi connectivity index (χ4n) is 9.96. The number of benzene rings is 6. The maximum absolute atomic E-state index is 7.03. The molecule has 270 valence electrons. The molecule has 1 aliphatic heterocycles. The highest BCUT2D eigenvalue weighted by atomic mass is 32.1. The van der Waals surface area contributed by atoms with Crippen molar-refractivity contribution >= 4 is 31.5 Å². The summed E-state index contributed by atoms with van der Waals surface area (Å²) in [5.41, 5.74) is 9.04. The summed E-state index contributed by atoms with van der Waals surface area (Å²) in [7, 11) is 0. The Bertz CT molecular complexity index is 3050. The molecule has 6 aromatic carbocycles. The monoisotopic (exact) mass is 749 g/mol. The van der Waals surface area contributed by atoms with Gasteiger partial charge in [0.1, 0.15) is 11.5 Å². The van der Waals surface area contributed by atoms with Crippen molar-refractivity contribution in [3.05, 3.63) is 216 Å². The molecular formula is C52H35N3OS. The van der Waals surface area contributed by atoms with Crippen LogP contribution >= 0.6 is 11.3 Å². The highest BCUT2D eigenvalue weighted by Gasteiger charge is 2.57. The Balaban J connectivity index is 0.963. The molecule has 0 amide bonds. The number of allylic oxidation sites excluding steroid dienone is 8. The summed E-state index contributed by atoms with van der Waals surface area (Å²) in [6, 6.07) is 51.9. The lowest BCUT2D eigenvalue weighted by Gasteiger charge is -2.46. The Kier molecular flexibility index (Phi) is 7.23. The van der Waals surface area contributed by atoms with Crippen molar-refractivity contribution in [3.63, 3.8) is 0 Å². The van der Waals surface area contributed by atoms with Crippen molar-refractivity contribution in [2.24, 2.45) is 5.92 Å². The van der Waals surface area contributed by atoms with Gasteiger partial charge in [-0.2, -0.15) is 0 Å². The van der Waals surface area contributed by atoms with E-state index in [4.69, 9.17) is 19.7 Å². The van der Waals surface area contributed by atoms with Crippen LogP contribution in [0.25, 0.3) is 54.3 Å². The second-order valence-corrected chi connectivity index (χ2v) is 16.5. The number of hydrogen-bond acceptors (Lipinski definition) is 5. The maximum atomic E-state index is 7.03. The third-order valence-corrected chi connectivity index (χ3v) is 13.6. The second-order valence-electron chi connectivity index (χ2n) is 15.4. The average Bonchev–Trinajstić information content (AvgIpc) is 3.80. The standard InChI is InChI=1S/C52H35N3OS/c1-2-13-33(14-3-1)49-53-50(55-51(54-49)35-29-30-40-39-17-6-11-24-46(39)57-47(40)31-35)34-27-25-32(26-28-34)36-18-12-22-44-48(36)56-45-23-10-9-21-43(45)52(44)41-19-7-4-15-37(41)38-16-5-8-20-42(38)52/h1-17,19-31,36-37,41H,18H2. The molecule has 4 unspecified atom stereocenters. The largest absolute Gasteiger partial charge is 0.460 e. The summed E-state index contributed by atoms with van der Waals surface area (Å²) >= 11 is 1.80. The van der Waals surface area contributed by atoms with E-state index in [-0.39, 0.29) is 17.3 Å². The van der Waals surface area contributed by atoms with Gasteiger partial charge in [-0.1, -0.05) is 164 Å². The van der Waals surface area contributed by atoms with Crippen molar-refractivity contribution in [3.8, 4) is 39.9 Å². The zero-order chi connectivity index (χ0) is 37.5. The molecule has 0 saturated carbocycles. The lowest BCUT2D eigenvalue weighted by atomic mass is 9.60. The first-order chi connectivity index (χ1) is 28.2. The number of fused-ring (bicyclic) bond motifs is 11. The fraction of sp³-hybridized carbons (Fsp3) is 0.0962. The highest BCUT2D eigenvalue weighted by molar-refractivity contribution is 7.25. The van der Waals surface area contributed by atoms with Crippen molar-refractivity contribution < 1.29 is 4.74 Å². The van der Waals surface area contributed by atoms with E-state index >= 15 is 0 Å². The highest BCUT2D eigenvalue weighted by Crippen LogP contribution is 2.64. The van der Waals surface area contributed by atoms with Crippen LogP contribution in [0, 0.1) is 5.92 Å². The molecule has 0 N–H and O–H groups in total. The lowest BCUT2D eigenvalue weighted by molar-refractivity contribution is 0.313. The minimum atomic E-state index is -0.351. The molecule has 4 nitrogen and oxygen atoms in total. The number of rotatable bonds is 4. The molecule has 4 atom stereocenters. The molecule has 12 rings (SSSR count). The molecule has 5 heteroatoms. The van der Waals surface area contributed by atoms with Gasteiger partial charge in [0.05, 0.1) is 5.41 Å². The van der Waals surface area contributed by atoms with Crippen LogP contribution in [0.2, 0.25) is 0 Å². The molecule has 3 heterocycles. The van der Waals surface area contributed by atoms with Gasteiger partial charge in [-0.15, -0.1) is 11.3 Å². The van der Waals surface area contributed by atoms with Gasteiger partial charge in [0.2, 0.25) is 0 Å². The first kappa shape index (κ1) is 32.5. The number of para-hydroxylation sites is 1. The van der Waals surface area contributed by atoms with Crippen LogP contribution in [0.5, 0.6) is 5.75 Å². The predicted octanol–water partition coefficient (Wildman–Crippen LogP) is 12.8. The van der Waals surface area contributed by atoms with E-state index < -0.39 is 0 Å². The first-order valence-corrected chi connectivity index (χ1v) is 20.5.